The zero-order valence-corrected chi connectivity index (χ0v) is 10.4. The van der Waals surface area contributed by atoms with Crippen molar-refractivity contribution in [3.05, 3.63) is 35.8 Å². The summed E-state index contributed by atoms with van der Waals surface area (Å²) in [5.74, 6) is -0.204. The molecule has 1 aromatic carbocycles. The molecule has 90 valence electrons. The van der Waals surface area contributed by atoms with Gasteiger partial charge in [-0.1, -0.05) is 6.07 Å². The highest BCUT2D eigenvalue weighted by molar-refractivity contribution is 7.80. The fourth-order valence-corrected chi connectivity index (χ4v) is 2.08. The second kappa shape index (κ2) is 3.92. The van der Waals surface area contributed by atoms with Crippen molar-refractivity contribution in [3.63, 3.8) is 0 Å². The number of hydrogen-bond donors (Lipinski definition) is 2. The second-order valence-electron chi connectivity index (χ2n) is 4.07. The number of aryl methyl sites for hydroxylation is 1. The van der Waals surface area contributed by atoms with Gasteiger partial charge in [-0.05, 0) is 36.0 Å². The molecule has 0 bridgehead atoms. The van der Waals surface area contributed by atoms with Crippen LogP contribution in [0.3, 0.4) is 0 Å². The molecule has 0 saturated carbocycles. The molecule has 0 aliphatic carbocycles. The third-order valence-corrected chi connectivity index (χ3v) is 2.98. The van der Waals surface area contributed by atoms with Crippen LogP contribution in [0.5, 0.6) is 0 Å². The molecule has 0 radical (unpaired) electrons. The third-order valence-electron chi connectivity index (χ3n) is 2.78. The van der Waals surface area contributed by atoms with E-state index < -0.39 is 0 Å². The van der Waals surface area contributed by atoms with E-state index in [1.165, 1.54) is 0 Å². The molecule has 1 saturated heterocycles. The Hall–Kier alpha value is -2.21. The Balaban J connectivity index is 2.04. The number of rotatable bonds is 1. The van der Waals surface area contributed by atoms with Crippen molar-refractivity contribution >= 4 is 40.3 Å². The van der Waals surface area contributed by atoms with Crippen LogP contribution in [0.15, 0.2) is 30.2 Å². The van der Waals surface area contributed by atoms with E-state index in [2.05, 4.69) is 15.6 Å². The lowest BCUT2D eigenvalue weighted by atomic mass is 10.1. The summed E-state index contributed by atoms with van der Waals surface area (Å²) in [4.78, 5) is 15.8. The van der Waals surface area contributed by atoms with Crippen LogP contribution < -0.4 is 10.6 Å². The predicted molar refractivity (Wildman–Crippen MR) is 72.6 cm³/mol. The van der Waals surface area contributed by atoms with Crippen LogP contribution >= 0.6 is 12.2 Å². The van der Waals surface area contributed by atoms with Gasteiger partial charge in [-0.2, -0.15) is 0 Å². The van der Waals surface area contributed by atoms with Gasteiger partial charge < -0.3 is 9.88 Å². The lowest BCUT2D eigenvalue weighted by molar-refractivity contribution is -0.115. The average Bonchev–Trinajstić information content (AvgIpc) is 2.84. The normalized spacial score (nSPS) is 17.3. The molecule has 3 rings (SSSR count). The molecule has 6 heteroatoms. The van der Waals surface area contributed by atoms with Gasteiger partial charge in [0.2, 0.25) is 0 Å². The quantitative estimate of drug-likeness (QED) is 0.590. The molecule has 2 heterocycles. The maximum Gasteiger partial charge on any atom is 0.273 e. The molecule has 0 unspecified atom stereocenters. The lowest BCUT2D eigenvalue weighted by Crippen LogP contribution is -2.21. The Morgan fingerprint density at radius 1 is 1.39 bits per heavy atom. The minimum absolute atomic E-state index is 0.204. The molecule has 0 spiro atoms. The fourth-order valence-electron chi connectivity index (χ4n) is 1.88. The molecule has 2 N–H and O–H groups in total. The number of thiocarbonyl (C=S) groups is 1. The Labute approximate surface area is 109 Å². The van der Waals surface area contributed by atoms with Crippen LogP contribution in [0.4, 0.5) is 0 Å². The van der Waals surface area contributed by atoms with Gasteiger partial charge in [0, 0.05) is 7.05 Å². The summed E-state index contributed by atoms with van der Waals surface area (Å²) in [5, 5.41) is 5.68. The van der Waals surface area contributed by atoms with Crippen LogP contribution in [0.1, 0.15) is 5.56 Å². The summed E-state index contributed by atoms with van der Waals surface area (Å²) in [5.41, 5.74) is 3.33. The van der Waals surface area contributed by atoms with E-state index in [-0.39, 0.29) is 5.91 Å². The van der Waals surface area contributed by atoms with Crippen molar-refractivity contribution in [2.45, 2.75) is 0 Å². The monoisotopic (exact) mass is 258 g/mol. The topological polar surface area (TPSA) is 59.0 Å². The summed E-state index contributed by atoms with van der Waals surface area (Å²) in [7, 11) is 1.93. The van der Waals surface area contributed by atoms with Crippen LogP contribution in [-0.4, -0.2) is 20.6 Å². The number of nitrogens with zero attached hydrogens (tertiary/aromatic N) is 2. The lowest BCUT2D eigenvalue weighted by Gasteiger charge is -1.99. The first-order valence-corrected chi connectivity index (χ1v) is 5.79. The van der Waals surface area contributed by atoms with Gasteiger partial charge in [-0.25, -0.2) is 4.98 Å². The molecular weight excluding hydrogens is 248 g/mol. The number of hydrogen-bond acceptors (Lipinski definition) is 3. The van der Waals surface area contributed by atoms with E-state index >= 15 is 0 Å². The SMILES string of the molecule is Cn1cnc2ccc(/C=C3\NC(=S)NC3=O)cc21. The van der Waals surface area contributed by atoms with E-state index in [1.54, 1.807) is 12.4 Å². The van der Waals surface area contributed by atoms with Crippen molar-refractivity contribution in [3.8, 4) is 0 Å². The largest absolute Gasteiger partial charge is 0.334 e. The summed E-state index contributed by atoms with van der Waals surface area (Å²) < 4.78 is 1.93. The van der Waals surface area contributed by atoms with Crippen LogP contribution in [0.2, 0.25) is 0 Å². The molecule has 1 aliphatic rings. The number of benzene rings is 1. The van der Waals surface area contributed by atoms with Gasteiger partial charge in [0.05, 0.1) is 17.4 Å². The standard InChI is InChI=1S/C12H10N4OS/c1-16-6-13-8-3-2-7(5-10(8)16)4-9-11(17)15-12(18)14-9/h2-6H,1H3,(H2,14,15,17,18)/b9-4-. The van der Waals surface area contributed by atoms with Gasteiger partial charge in [0.25, 0.3) is 5.91 Å². The van der Waals surface area contributed by atoms with Gasteiger partial charge in [-0.15, -0.1) is 0 Å². The first-order chi connectivity index (χ1) is 8.63. The Kier molecular flexibility index (Phi) is 2.38. The minimum Gasteiger partial charge on any atom is -0.334 e. The molecule has 0 atom stereocenters. The fraction of sp³-hybridized carbons (Fsp3) is 0.0833. The van der Waals surface area contributed by atoms with Crippen molar-refractivity contribution in [2.75, 3.05) is 0 Å². The van der Waals surface area contributed by atoms with E-state index in [0.717, 1.165) is 16.6 Å². The number of fused-ring (bicyclic) bond motifs is 1. The predicted octanol–water partition coefficient (Wildman–Crippen LogP) is 0.918. The highest BCUT2D eigenvalue weighted by Crippen LogP contribution is 2.16. The van der Waals surface area contributed by atoms with E-state index in [4.69, 9.17) is 12.2 Å². The first-order valence-electron chi connectivity index (χ1n) is 5.38. The zero-order chi connectivity index (χ0) is 12.7. The van der Waals surface area contributed by atoms with E-state index in [1.807, 2.05) is 29.8 Å². The van der Waals surface area contributed by atoms with Crippen LogP contribution in [0, 0.1) is 0 Å². The molecule has 18 heavy (non-hydrogen) atoms. The Morgan fingerprint density at radius 2 is 2.22 bits per heavy atom. The zero-order valence-electron chi connectivity index (χ0n) is 9.60. The van der Waals surface area contributed by atoms with Crippen molar-refractivity contribution in [1.82, 2.24) is 20.2 Å². The molecule has 1 aromatic heterocycles. The third kappa shape index (κ3) is 1.76. The van der Waals surface area contributed by atoms with Gasteiger partial charge >= 0.3 is 0 Å². The molecule has 5 nitrogen and oxygen atoms in total. The summed E-state index contributed by atoms with van der Waals surface area (Å²) in [6.45, 7) is 0. The maximum absolute atomic E-state index is 11.5. The van der Waals surface area contributed by atoms with Crippen molar-refractivity contribution < 1.29 is 4.79 Å². The number of carbonyl (C=O) groups excluding carboxylic acids is 1. The number of imidazole rings is 1. The Morgan fingerprint density at radius 3 is 2.94 bits per heavy atom. The van der Waals surface area contributed by atoms with Gasteiger partial charge in [0.1, 0.15) is 5.70 Å². The Bertz CT molecular complexity index is 701. The number of amides is 1. The summed E-state index contributed by atoms with van der Waals surface area (Å²) >= 11 is 4.88. The van der Waals surface area contributed by atoms with Crippen molar-refractivity contribution in [1.29, 1.82) is 0 Å². The number of nitrogens with one attached hydrogen (secondary N) is 2. The van der Waals surface area contributed by atoms with Crippen molar-refractivity contribution in [2.24, 2.45) is 7.05 Å². The molecule has 1 fully saturated rings. The van der Waals surface area contributed by atoms with Gasteiger partial charge in [-0.3, -0.25) is 10.1 Å². The minimum atomic E-state index is -0.204. The summed E-state index contributed by atoms with van der Waals surface area (Å²) in [6, 6.07) is 5.82. The molecular formula is C12H10N4OS. The van der Waals surface area contributed by atoms with Gasteiger partial charge in [0.15, 0.2) is 5.11 Å². The molecule has 2 aromatic rings. The van der Waals surface area contributed by atoms with E-state index in [9.17, 15) is 4.79 Å². The van der Waals surface area contributed by atoms with Crippen LogP contribution in [0.25, 0.3) is 17.1 Å². The highest BCUT2D eigenvalue weighted by atomic mass is 32.1. The molecule has 1 aliphatic heterocycles. The maximum atomic E-state index is 11.5. The summed E-state index contributed by atoms with van der Waals surface area (Å²) in [6.07, 6.45) is 3.53. The number of aromatic nitrogens is 2. The van der Waals surface area contributed by atoms with E-state index in [0.29, 0.717) is 10.8 Å². The average molecular weight is 258 g/mol. The van der Waals surface area contributed by atoms with Crippen LogP contribution in [-0.2, 0) is 11.8 Å². The second-order valence-corrected chi connectivity index (χ2v) is 4.48. The first kappa shape index (κ1) is 10.9. The molecule has 1 amide bonds. The smallest absolute Gasteiger partial charge is 0.273 e. The number of carbonyl (C=O) groups is 1. The highest BCUT2D eigenvalue weighted by Gasteiger charge is 2.19.